The lowest BCUT2D eigenvalue weighted by atomic mass is 9.70. The Hall–Kier alpha value is -0.570. The molecule has 0 spiro atoms. The highest BCUT2D eigenvalue weighted by Crippen LogP contribution is 2.45. The molecule has 0 saturated heterocycles. The van der Waals surface area contributed by atoms with Gasteiger partial charge in [0.2, 0.25) is 0 Å². The Bertz CT molecular complexity index is 360. The molecule has 3 heteroatoms. The first kappa shape index (κ1) is 22.5. The van der Waals surface area contributed by atoms with E-state index in [1.807, 2.05) is 0 Å². The van der Waals surface area contributed by atoms with Crippen molar-refractivity contribution in [2.45, 2.75) is 91.9 Å². The summed E-state index contributed by atoms with van der Waals surface area (Å²) in [6.07, 6.45) is 11.4. The van der Waals surface area contributed by atoms with Crippen molar-refractivity contribution in [3.63, 3.8) is 0 Å². The summed E-state index contributed by atoms with van der Waals surface area (Å²) in [5, 5.41) is 0. The van der Waals surface area contributed by atoms with Gasteiger partial charge in [-0.05, 0) is 49.9 Å². The predicted molar refractivity (Wildman–Crippen MR) is 105 cm³/mol. The molecule has 1 saturated carbocycles. The lowest BCUT2D eigenvalue weighted by molar-refractivity contribution is -0.167. The maximum atomic E-state index is 13.2. The summed E-state index contributed by atoms with van der Waals surface area (Å²) in [6, 6.07) is 0. The van der Waals surface area contributed by atoms with Crippen molar-refractivity contribution in [1.82, 2.24) is 0 Å². The van der Waals surface area contributed by atoms with Gasteiger partial charge in [0.1, 0.15) is 0 Å². The monoisotopic (exact) mass is 354 g/mol. The van der Waals surface area contributed by atoms with Gasteiger partial charge in [0.05, 0.1) is 18.6 Å². The molecule has 0 heterocycles. The number of rotatable bonds is 13. The first-order valence-electron chi connectivity index (χ1n) is 10.7. The van der Waals surface area contributed by atoms with Crippen LogP contribution in [0.5, 0.6) is 0 Å². The van der Waals surface area contributed by atoms with Crippen LogP contribution in [-0.2, 0) is 14.3 Å². The average molecular weight is 355 g/mol. The van der Waals surface area contributed by atoms with E-state index < -0.39 is 5.41 Å². The van der Waals surface area contributed by atoms with Gasteiger partial charge < -0.3 is 9.47 Å². The van der Waals surface area contributed by atoms with Crippen LogP contribution >= 0.6 is 0 Å². The zero-order chi connectivity index (χ0) is 18.7. The lowest BCUT2D eigenvalue weighted by Crippen LogP contribution is -2.44. The summed E-state index contributed by atoms with van der Waals surface area (Å²) in [5.41, 5.74) is -0.432. The molecule has 0 aliphatic heterocycles. The smallest absolute Gasteiger partial charge is 0.314 e. The Balaban J connectivity index is 2.81. The molecule has 0 aromatic rings. The zero-order valence-corrected chi connectivity index (χ0v) is 17.4. The minimum Gasteiger partial charge on any atom is -0.465 e. The number of methoxy groups -OCH3 is 1. The van der Waals surface area contributed by atoms with Gasteiger partial charge in [0.15, 0.2) is 0 Å². The fourth-order valence-corrected chi connectivity index (χ4v) is 4.24. The number of unbranched alkanes of at least 4 members (excludes halogenated alkanes) is 1. The summed E-state index contributed by atoms with van der Waals surface area (Å²) in [6.45, 7) is 9.97. The highest BCUT2D eigenvalue weighted by Gasteiger charge is 2.47. The summed E-state index contributed by atoms with van der Waals surface area (Å²) in [7, 11) is 1.72. The largest absolute Gasteiger partial charge is 0.465 e. The molecule has 0 amide bonds. The molecule has 0 radical (unpaired) electrons. The topological polar surface area (TPSA) is 35.5 Å². The van der Waals surface area contributed by atoms with Crippen molar-refractivity contribution in [1.29, 1.82) is 0 Å². The van der Waals surface area contributed by atoms with E-state index in [0.29, 0.717) is 31.0 Å². The van der Waals surface area contributed by atoms with Gasteiger partial charge in [-0.15, -0.1) is 0 Å². The molecular weight excluding hydrogens is 312 g/mol. The fourth-order valence-electron chi connectivity index (χ4n) is 4.24. The van der Waals surface area contributed by atoms with Gasteiger partial charge in [0.25, 0.3) is 0 Å². The Kier molecular flexibility index (Phi) is 10.7. The van der Waals surface area contributed by atoms with Crippen molar-refractivity contribution < 1.29 is 14.3 Å². The van der Waals surface area contributed by atoms with Crippen LogP contribution in [0.1, 0.15) is 91.9 Å². The van der Waals surface area contributed by atoms with Crippen molar-refractivity contribution in [3.8, 4) is 0 Å². The SMILES string of the molecule is CCCCC(CC)COC(=O)C(CCC(C)C)(COC)C1CCCC1. The first-order valence-corrected chi connectivity index (χ1v) is 10.7. The van der Waals surface area contributed by atoms with E-state index in [4.69, 9.17) is 9.47 Å². The van der Waals surface area contributed by atoms with Crippen LogP contribution in [0.15, 0.2) is 0 Å². The van der Waals surface area contributed by atoms with Crippen molar-refractivity contribution in [3.05, 3.63) is 0 Å². The van der Waals surface area contributed by atoms with Crippen molar-refractivity contribution >= 4 is 5.97 Å². The first-order chi connectivity index (χ1) is 12.0. The van der Waals surface area contributed by atoms with E-state index in [0.717, 1.165) is 38.5 Å². The molecule has 1 aliphatic carbocycles. The van der Waals surface area contributed by atoms with Crippen LogP contribution in [0.4, 0.5) is 0 Å². The van der Waals surface area contributed by atoms with E-state index in [-0.39, 0.29) is 5.97 Å². The van der Waals surface area contributed by atoms with Crippen molar-refractivity contribution in [2.24, 2.45) is 23.2 Å². The molecule has 0 bridgehead atoms. The number of ether oxygens (including phenoxy) is 2. The summed E-state index contributed by atoms with van der Waals surface area (Å²) < 4.78 is 11.5. The molecule has 3 nitrogen and oxygen atoms in total. The maximum Gasteiger partial charge on any atom is 0.314 e. The third-order valence-corrected chi connectivity index (χ3v) is 6.11. The van der Waals surface area contributed by atoms with Gasteiger partial charge in [0, 0.05) is 7.11 Å². The fraction of sp³-hybridized carbons (Fsp3) is 0.955. The minimum absolute atomic E-state index is 0.0110. The lowest BCUT2D eigenvalue weighted by Gasteiger charge is -2.37. The minimum atomic E-state index is -0.432. The molecule has 148 valence electrons. The van der Waals surface area contributed by atoms with E-state index in [2.05, 4.69) is 27.7 Å². The number of hydrogen-bond acceptors (Lipinski definition) is 3. The molecular formula is C22H42O3. The van der Waals surface area contributed by atoms with Gasteiger partial charge in [-0.3, -0.25) is 4.79 Å². The molecule has 1 fully saturated rings. The van der Waals surface area contributed by atoms with Crippen LogP contribution in [-0.4, -0.2) is 26.3 Å². The Morgan fingerprint density at radius 3 is 2.36 bits per heavy atom. The van der Waals surface area contributed by atoms with Crippen LogP contribution in [0.3, 0.4) is 0 Å². The molecule has 0 N–H and O–H groups in total. The molecule has 1 rings (SSSR count). The molecule has 2 unspecified atom stereocenters. The van der Waals surface area contributed by atoms with Gasteiger partial charge >= 0.3 is 5.97 Å². The maximum absolute atomic E-state index is 13.2. The molecule has 0 aromatic heterocycles. The van der Waals surface area contributed by atoms with E-state index in [1.165, 1.54) is 25.7 Å². The second-order valence-electron chi connectivity index (χ2n) is 8.52. The normalized spacial score (nSPS) is 19.1. The number of carbonyl (C=O) groups is 1. The summed E-state index contributed by atoms with van der Waals surface area (Å²) in [5.74, 6) is 1.53. The second-order valence-corrected chi connectivity index (χ2v) is 8.52. The van der Waals surface area contributed by atoms with E-state index in [9.17, 15) is 4.79 Å². The summed E-state index contributed by atoms with van der Waals surface area (Å²) in [4.78, 5) is 13.2. The molecule has 25 heavy (non-hydrogen) atoms. The van der Waals surface area contributed by atoms with Crippen LogP contribution in [0.2, 0.25) is 0 Å². The average Bonchev–Trinajstić information content (AvgIpc) is 3.13. The highest BCUT2D eigenvalue weighted by atomic mass is 16.5. The number of hydrogen-bond donors (Lipinski definition) is 0. The Morgan fingerprint density at radius 2 is 1.84 bits per heavy atom. The van der Waals surface area contributed by atoms with Gasteiger partial charge in [-0.1, -0.05) is 59.8 Å². The van der Waals surface area contributed by atoms with Gasteiger partial charge in [-0.25, -0.2) is 0 Å². The Morgan fingerprint density at radius 1 is 1.16 bits per heavy atom. The molecule has 1 aliphatic rings. The van der Waals surface area contributed by atoms with Gasteiger partial charge in [-0.2, -0.15) is 0 Å². The van der Waals surface area contributed by atoms with Crippen LogP contribution < -0.4 is 0 Å². The Labute approximate surface area is 156 Å². The predicted octanol–water partition coefficient (Wildman–Crippen LogP) is 6.01. The molecule has 2 atom stereocenters. The molecule has 0 aromatic carbocycles. The van der Waals surface area contributed by atoms with E-state index in [1.54, 1.807) is 7.11 Å². The number of esters is 1. The highest BCUT2D eigenvalue weighted by molar-refractivity contribution is 5.77. The number of carbonyl (C=O) groups excluding carboxylic acids is 1. The third kappa shape index (κ3) is 6.92. The van der Waals surface area contributed by atoms with E-state index >= 15 is 0 Å². The second kappa shape index (κ2) is 11.9. The quantitative estimate of drug-likeness (QED) is 0.380. The standard InChI is InChI=1S/C22H42O3/c1-6-8-11-19(7-2)16-25-21(23)22(17-24-5,15-14-18(3)4)20-12-9-10-13-20/h18-20H,6-17H2,1-5H3. The van der Waals surface area contributed by atoms with Crippen LogP contribution in [0.25, 0.3) is 0 Å². The van der Waals surface area contributed by atoms with Crippen molar-refractivity contribution in [2.75, 3.05) is 20.3 Å². The third-order valence-electron chi connectivity index (χ3n) is 6.11. The van der Waals surface area contributed by atoms with Crippen LogP contribution in [0, 0.1) is 23.2 Å². The zero-order valence-electron chi connectivity index (χ0n) is 17.4. The summed E-state index contributed by atoms with van der Waals surface area (Å²) >= 11 is 0.